The highest BCUT2D eigenvalue weighted by Gasteiger charge is 2.09. The number of aryl methyl sites for hydroxylation is 2. The number of carbonyl (C=O) groups is 1. The monoisotopic (exact) mass is 246 g/mol. The van der Waals surface area contributed by atoms with E-state index in [1.807, 2.05) is 19.9 Å². The van der Waals surface area contributed by atoms with Crippen molar-refractivity contribution in [1.29, 1.82) is 5.26 Å². The van der Waals surface area contributed by atoms with Gasteiger partial charge in [0.1, 0.15) is 11.9 Å². The summed E-state index contributed by atoms with van der Waals surface area (Å²) >= 11 is 0. The minimum atomic E-state index is 0.0467. The number of hydrogen-bond donors (Lipinski definition) is 1. The fourth-order valence-corrected chi connectivity index (χ4v) is 1.62. The molecule has 0 unspecified atom stereocenters. The van der Waals surface area contributed by atoms with Gasteiger partial charge in [-0.3, -0.25) is 4.79 Å². The number of hydrogen-bond acceptors (Lipinski definition) is 4. The van der Waals surface area contributed by atoms with Crippen LogP contribution in [0.15, 0.2) is 6.07 Å². The van der Waals surface area contributed by atoms with Gasteiger partial charge in [0.2, 0.25) is 5.91 Å². The Labute approximate surface area is 107 Å². The zero-order valence-electron chi connectivity index (χ0n) is 11.2. The number of aromatic nitrogens is 1. The summed E-state index contributed by atoms with van der Waals surface area (Å²) in [6.45, 7) is 4.23. The van der Waals surface area contributed by atoms with E-state index in [1.54, 1.807) is 19.0 Å². The third-order valence-corrected chi connectivity index (χ3v) is 2.59. The number of rotatable bonds is 4. The lowest BCUT2D eigenvalue weighted by Crippen LogP contribution is -2.24. The molecule has 1 heterocycles. The first-order valence-corrected chi connectivity index (χ1v) is 5.78. The summed E-state index contributed by atoms with van der Waals surface area (Å²) in [6.07, 6.45) is 0.381. The van der Waals surface area contributed by atoms with Crippen LogP contribution in [0.3, 0.4) is 0 Å². The summed E-state index contributed by atoms with van der Waals surface area (Å²) in [6, 6.07) is 4.00. The summed E-state index contributed by atoms with van der Waals surface area (Å²) in [4.78, 5) is 17.3. The summed E-state index contributed by atoms with van der Waals surface area (Å²) in [5.41, 5.74) is 2.29. The topological polar surface area (TPSA) is 69.0 Å². The Bertz CT molecular complexity index is 488. The lowest BCUT2D eigenvalue weighted by molar-refractivity contribution is -0.128. The molecule has 18 heavy (non-hydrogen) atoms. The smallest absolute Gasteiger partial charge is 0.223 e. The van der Waals surface area contributed by atoms with Gasteiger partial charge in [-0.1, -0.05) is 0 Å². The maximum absolute atomic E-state index is 11.4. The lowest BCUT2D eigenvalue weighted by atomic mass is 10.1. The van der Waals surface area contributed by atoms with Crippen molar-refractivity contribution in [1.82, 2.24) is 9.88 Å². The Balaban J connectivity index is 2.74. The molecule has 0 spiro atoms. The Morgan fingerprint density at radius 3 is 2.72 bits per heavy atom. The molecule has 0 aliphatic heterocycles. The average Bonchev–Trinajstić information content (AvgIpc) is 2.28. The maximum atomic E-state index is 11.4. The standard InChI is InChI=1S/C13H18N4O/c1-9-7-10(2)16-13(11(9)8-14)15-6-5-12(18)17(3)4/h7H,5-6H2,1-4H3,(H,15,16). The van der Waals surface area contributed by atoms with Gasteiger partial charge in [0, 0.05) is 32.8 Å². The van der Waals surface area contributed by atoms with Crippen LogP contribution in [0, 0.1) is 25.2 Å². The summed E-state index contributed by atoms with van der Waals surface area (Å²) in [5, 5.41) is 12.1. The predicted molar refractivity (Wildman–Crippen MR) is 70.2 cm³/mol. The lowest BCUT2D eigenvalue weighted by Gasteiger charge is -2.12. The summed E-state index contributed by atoms with van der Waals surface area (Å²) in [7, 11) is 3.44. The normalized spacial score (nSPS) is 9.72. The van der Waals surface area contributed by atoms with E-state index in [0.717, 1.165) is 11.3 Å². The van der Waals surface area contributed by atoms with E-state index < -0.39 is 0 Å². The van der Waals surface area contributed by atoms with Crippen LogP contribution in [-0.4, -0.2) is 36.4 Å². The second-order valence-corrected chi connectivity index (χ2v) is 4.38. The van der Waals surface area contributed by atoms with Crippen molar-refractivity contribution in [2.75, 3.05) is 26.0 Å². The summed E-state index contributed by atoms with van der Waals surface area (Å²) in [5.74, 6) is 0.604. The molecule has 0 fully saturated rings. The number of nitrogens with zero attached hydrogens (tertiary/aromatic N) is 3. The highest BCUT2D eigenvalue weighted by atomic mass is 16.2. The molecule has 1 N–H and O–H groups in total. The molecular formula is C13H18N4O. The van der Waals surface area contributed by atoms with E-state index in [-0.39, 0.29) is 5.91 Å². The highest BCUT2D eigenvalue weighted by molar-refractivity contribution is 5.76. The zero-order valence-corrected chi connectivity index (χ0v) is 11.2. The van der Waals surface area contributed by atoms with Gasteiger partial charge in [-0.25, -0.2) is 4.98 Å². The fourth-order valence-electron chi connectivity index (χ4n) is 1.62. The quantitative estimate of drug-likeness (QED) is 0.873. The van der Waals surface area contributed by atoms with Gasteiger partial charge in [0.15, 0.2) is 0 Å². The number of anilines is 1. The molecule has 0 radical (unpaired) electrons. The van der Waals surface area contributed by atoms with E-state index in [9.17, 15) is 4.79 Å². The first-order chi connectivity index (χ1) is 8.45. The molecule has 5 nitrogen and oxygen atoms in total. The molecule has 96 valence electrons. The molecule has 1 aromatic rings. The van der Waals surface area contributed by atoms with Gasteiger partial charge in [0.25, 0.3) is 0 Å². The van der Waals surface area contributed by atoms with E-state index >= 15 is 0 Å². The van der Waals surface area contributed by atoms with Gasteiger partial charge >= 0.3 is 0 Å². The van der Waals surface area contributed by atoms with Gasteiger partial charge in [-0.2, -0.15) is 5.26 Å². The van der Waals surface area contributed by atoms with E-state index in [1.165, 1.54) is 0 Å². The number of carbonyl (C=O) groups excluding carboxylic acids is 1. The fraction of sp³-hybridized carbons (Fsp3) is 0.462. The van der Waals surface area contributed by atoms with E-state index in [2.05, 4.69) is 16.4 Å². The van der Waals surface area contributed by atoms with Crippen molar-refractivity contribution in [2.45, 2.75) is 20.3 Å². The summed E-state index contributed by atoms with van der Waals surface area (Å²) < 4.78 is 0. The predicted octanol–water partition coefficient (Wildman–Crippen LogP) is 1.46. The van der Waals surface area contributed by atoms with Crippen LogP contribution in [0.25, 0.3) is 0 Å². The minimum absolute atomic E-state index is 0.0467. The number of nitrogens with one attached hydrogen (secondary N) is 1. The van der Waals surface area contributed by atoms with Crippen LogP contribution in [-0.2, 0) is 4.79 Å². The van der Waals surface area contributed by atoms with E-state index in [4.69, 9.17) is 5.26 Å². The van der Waals surface area contributed by atoms with Crippen molar-refractivity contribution >= 4 is 11.7 Å². The molecule has 1 aromatic heterocycles. The molecule has 1 amide bonds. The van der Waals surface area contributed by atoms with E-state index in [0.29, 0.717) is 24.3 Å². The van der Waals surface area contributed by atoms with Gasteiger partial charge < -0.3 is 10.2 Å². The molecule has 0 atom stereocenters. The molecule has 0 bridgehead atoms. The molecule has 5 heteroatoms. The highest BCUT2D eigenvalue weighted by Crippen LogP contribution is 2.17. The van der Waals surface area contributed by atoms with Crippen LogP contribution >= 0.6 is 0 Å². The van der Waals surface area contributed by atoms with Gasteiger partial charge in [-0.15, -0.1) is 0 Å². The van der Waals surface area contributed by atoms with Crippen LogP contribution in [0.5, 0.6) is 0 Å². The van der Waals surface area contributed by atoms with Crippen molar-refractivity contribution in [3.05, 3.63) is 22.9 Å². The van der Waals surface area contributed by atoms with Crippen molar-refractivity contribution < 1.29 is 4.79 Å². The molecule has 0 aliphatic rings. The molecule has 0 saturated carbocycles. The van der Waals surface area contributed by atoms with Crippen molar-refractivity contribution in [3.63, 3.8) is 0 Å². The second-order valence-electron chi connectivity index (χ2n) is 4.38. The molecule has 0 saturated heterocycles. The van der Waals surface area contributed by atoms with Crippen molar-refractivity contribution in [2.24, 2.45) is 0 Å². The average molecular weight is 246 g/mol. The second kappa shape index (κ2) is 6.01. The van der Waals surface area contributed by atoms with Crippen LogP contribution in [0.2, 0.25) is 0 Å². The number of pyridine rings is 1. The molecular weight excluding hydrogens is 228 g/mol. The third-order valence-electron chi connectivity index (χ3n) is 2.59. The van der Waals surface area contributed by atoms with Gasteiger partial charge in [-0.05, 0) is 25.5 Å². The maximum Gasteiger partial charge on any atom is 0.223 e. The molecule has 0 aromatic carbocycles. The zero-order chi connectivity index (χ0) is 13.7. The first kappa shape index (κ1) is 14.0. The minimum Gasteiger partial charge on any atom is -0.368 e. The SMILES string of the molecule is Cc1cc(C)c(C#N)c(NCCC(=O)N(C)C)n1. The Morgan fingerprint density at radius 1 is 1.50 bits per heavy atom. The number of nitriles is 1. The van der Waals surface area contributed by atoms with Crippen molar-refractivity contribution in [3.8, 4) is 6.07 Å². The number of amides is 1. The molecule has 1 rings (SSSR count). The Hall–Kier alpha value is -2.09. The third kappa shape index (κ3) is 3.45. The van der Waals surface area contributed by atoms with Crippen LogP contribution < -0.4 is 5.32 Å². The first-order valence-electron chi connectivity index (χ1n) is 5.78. The molecule has 0 aliphatic carbocycles. The van der Waals surface area contributed by atoms with Crippen LogP contribution in [0.4, 0.5) is 5.82 Å². The Kier molecular flexibility index (Phi) is 4.67. The van der Waals surface area contributed by atoms with Gasteiger partial charge in [0.05, 0.1) is 5.56 Å². The van der Waals surface area contributed by atoms with Crippen LogP contribution in [0.1, 0.15) is 23.2 Å². The largest absolute Gasteiger partial charge is 0.368 e. The Morgan fingerprint density at radius 2 is 2.17 bits per heavy atom.